The van der Waals surface area contributed by atoms with Crippen molar-refractivity contribution in [3.8, 4) is 0 Å². The van der Waals surface area contributed by atoms with Gasteiger partial charge < -0.3 is 0 Å². The summed E-state index contributed by atoms with van der Waals surface area (Å²) in [6, 6.07) is 0. The first-order chi connectivity index (χ1) is 6.11. The van der Waals surface area contributed by atoms with Crippen LogP contribution in [0.5, 0.6) is 0 Å². The fourth-order valence-electron chi connectivity index (χ4n) is 24.7. The van der Waals surface area contributed by atoms with Crippen LogP contribution in [0.15, 0.2) is 12.7 Å². The zero-order valence-corrected chi connectivity index (χ0v) is 9.04. The Labute approximate surface area is 63.3 Å². The molecule has 0 aliphatic carbocycles. The number of fused-ring (bicyclic) bond motifs is 10. The second-order valence-electron chi connectivity index (χ2n) is 13.1. The molecule has 13 heavy (non-hydrogen) atoms. The molecule has 0 N–H and O–H groups in total. The van der Waals surface area contributed by atoms with Gasteiger partial charge in [-0.05, 0) is 0 Å². The first kappa shape index (κ1) is 4.14. The van der Waals surface area contributed by atoms with Crippen LogP contribution < -0.4 is 0 Å². The van der Waals surface area contributed by atoms with E-state index in [1.54, 1.807) is 0 Å². The van der Waals surface area contributed by atoms with Crippen molar-refractivity contribution in [2.45, 2.75) is 41.7 Å². The fraction of sp³-hybridized carbons (Fsp3) is 0.833. The summed E-state index contributed by atoms with van der Waals surface area (Å²) < 4.78 is 14.6. The second-order valence-corrected chi connectivity index (χ2v) is 46.4. The Kier molecular flexibility index (Phi) is 0.0824. The number of allylic oxidation sites excluding steroid dienone is 1. The van der Waals surface area contributed by atoms with Gasteiger partial charge in [0, 0.05) is 0 Å². The maximum atomic E-state index is 4.29. The molecule has 10 aliphatic heterocycles. The molecule has 10 rings (SSSR count). The van der Waals surface area contributed by atoms with Crippen LogP contribution in [0.2, 0.25) is 41.7 Å². The molecule has 1 heteroatoms. The SMILES string of the molecule is C=C[C]12[CH]3[CH]4[CH]5[CH]1[Ti]45321678[CH]2[CH]1[CH]6[CH]7[CH]28. The topological polar surface area (TPSA) is 0 Å². The first-order valence-electron chi connectivity index (χ1n) is 6.79. The first-order valence-corrected chi connectivity index (χ1v) is 15.7. The van der Waals surface area contributed by atoms with Crippen LogP contribution in [0.3, 0.4) is 0 Å². The number of hydrogen-bond donors (Lipinski definition) is 0. The van der Waals surface area contributed by atoms with E-state index in [1.165, 1.54) is 38.0 Å². The van der Waals surface area contributed by atoms with Crippen molar-refractivity contribution in [2.24, 2.45) is 0 Å². The van der Waals surface area contributed by atoms with E-state index >= 15 is 0 Å². The fourth-order valence-corrected chi connectivity index (χ4v) is 147. The Morgan fingerprint density at radius 1 is 0.846 bits per heavy atom. The van der Waals surface area contributed by atoms with E-state index in [4.69, 9.17) is 0 Å². The molecule has 0 bridgehead atoms. The van der Waals surface area contributed by atoms with Crippen molar-refractivity contribution in [3.63, 3.8) is 0 Å². The van der Waals surface area contributed by atoms with Gasteiger partial charge in [-0.2, -0.15) is 0 Å². The van der Waals surface area contributed by atoms with Gasteiger partial charge >= 0.3 is 63.3 Å². The van der Waals surface area contributed by atoms with Crippen molar-refractivity contribution >= 4 is 0 Å². The Bertz CT molecular complexity index is 794. The third kappa shape index (κ3) is 0.0291. The third-order valence-electron chi connectivity index (χ3n) is 20.7. The van der Waals surface area contributed by atoms with Crippen molar-refractivity contribution in [1.29, 1.82) is 0 Å². The van der Waals surface area contributed by atoms with Gasteiger partial charge in [0.25, 0.3) is 0 Å². The minimum atomic E-state index is -2.99. The van der Waals surface area contributed by atoms with Gasteiger partial charge in [0.2, 0.25) is 0 Å². The van der Waals surface area contributed by atoms with Gasteiger partial charge in [0.15, 0.2) is 0 Å². The van der Waals surface area contributed by atoms with Gasteiger partial charge in [-0.25, -0.2) is 0 Å². The van der Waals surface area contributed by atoms with Crippen molar-refractivity contribution in [3.05, 3.63) is 12.7 Å². The Hall–Kier alpha value is 0.454. The van der Waals surface area contributed by atoms with E-state index in [2.05, 4.69) is 12.7 Å². The summed E-state index contributed by atoms with van der Waals surface area (Å²) in [7, 11) is -2.99. The summed E-state index contributed by atoms with van der Waals surface area (Å²) in [4.78, 5) is 0. The molecule has 4 atom stereocenters. The van der Waals surface area contributed by atoms with Gasteiger partial charge in [-0.1, -0.05) is 0 Å². The standard InChI is InChI=1S/C7H7.C5H5.Ti/c1-2-7-5-3-4-6-7;1-2-4-5-3-1;/h2-6H,1H2;1-5H;. The molecular weight excluding hydrogens is 192 g/mol. The zero-order valence-electron chi connectivity index (χ0n) is 7.48. The molecule has 1 spiro atoms. The molecule has 4 unspecified atom stereocenters. The van der Waals surface area contributed by atoms with Crippen molar-refractivity contribution in [1.82, 2.24) is 0 Å². The summed E-state index contributed by atoms with van der Waals surface area (Å²) in [5.41, 5.74) is 0. The quantitative estimate of drug-likeness (QED) is 0.448. The van der Waals surface area contributed by atoms with Gasteiger partial charge in [0.1, 0.15) is 0 Å². The van der Waals surface area contributed by atoms with E-state index in [0.29, 0.717) is 0 Å². The molecule has 0 aromatic carbocycles. The normalized spacial score (nSPS) is 152. The van der Waals surface area contributed by atoms with E-state index in [9.17, 15) is 0 Å². The van der Waals surface area contributed by atoms with Gasteiger partial charge in [0.05, 0.1) is 0 Å². The summed E-state index contributed by atoms with van der Waals surface area (Å²) in [6.07, 6.45) is 2.58. The van der Waals surface area contributed by atoms with E-state index in [-0.39, 0.29) is 0 Å². The average Bonchev–Trinajstić information content (AvgIpc) is 3.12. The Balaban J connectivity index is 2.14. The van der Waals surface area contributed by atoms with Crippen LogP contribution in [0.4, 0.5) is 0 Å². The molecule has 0 saturated carbocycles. The molecule has 10 aliphatic rings. The van der Waals surface area contributed by atoms with E-state index in [0.717, 1.165) is 3.72 Å². The van der Waals surface area contributed by atoms with E-state index < -0.39 is 8.89 Å². The molecule has 10 fully saturated rings. The summed E-state index contributed by atoms with van der Waals surface area (Å²) in [5.74, 6) is 0. The number of hydrogen-bond acceptors (Lipinski definition) is 0. The number of rotatable bonds is 1. The van der Waals surface area contributed by atoms with E-state index in [1.807, 2.05) is 0 Å². The molecule has 0 amide bonds. The zero-order chi connectivity index (χ0) is 7.72. The van der Waals surface area contributed by atoms with Crippen molar-refractivity contribution < 1.29 is 8.89 Å². The van der Waals surface area contributed by atoms with Crippen LogP contribution in [0.25, 0.3) is 0 Å². The van der Waals surface area contributed by atoms with Crippen molar-refractivity contribution in [2.75, 3.05) is 0 Å². The Morgan fingerprint density at radius 3 is 1.38 bits per heavy atom. The molecule has 0 aromatic rings. The van der Waals surface area contributed by atoms with Crippen LogP contribution in [0, 0.1) is 0 Å². The van der Waals surface area contributed by atoms with Crippen LogP contribution in [-0.2, 0) is 8.89 Å². The Morgan fingerprint density at radius 2 is 1.31 bits per heavy atom. The van der Waals surface area contributed by atoms with Crippen LogP contribution in [-0.4, -0.2) is 0 Å². The molecule has 10 heterocycles. The average molecular weight is 204 g/mol. The summed E-state index contributed by atoms with van der Waals surface area (Å²) in [5, 5.41) is 0. The van der Waals surface area contributed by atoms with Gasteiger partial charge in [-0.15, -0.1) is 0 Å². The molecule has 0 nitrogen and oxygen atoms in total. The molecule has 64 valence electrons. The maximum absolute atomic E-state index is 4.29. The predicted molar refractivity (Wildman–Crippen MR) is 46.6 cm³/mol. The second kappa shape index (κ2) is 0.259. The molecular formula is C12H12Ti. The third-order valence-corrected chi connectivity index (χ3v) is 80.9. The summed E-state index contributed by atoms with van der Waals surface area (Å²) in [6.45, 7) is 4.29. The molecule has 0 radical (unpaired) electrons. The monoisotopic (exact) mass is 204 g/mol. The molecule has 10 saturated heterocycles. The van der Waals surface area contributed by atoms with Crippen LogP contribution >= 0.6 is 0 Å². The van der Waals surface area contributed by atoms with Gasteiger partial charge in [-0.3, -0.25) is 0 Å². The van der Waals surface area contributed by atoms with Crippen LogP contribution in [0.1, 0.15) is 0 Å². The summed E-state index contributed by atoms with van der Waals surface area (Å²) >= 11 is 0. The molecule has 0 aromatic heterocycles. The predicted octanol–water partition coefficient (Wildman–Crippen LogP) is 3.93. The minimum absolute atomic E-state index is 1.02.